The summed E-state index contributed by atoms with van der Waals surface area (Å²) in [5.41, 5.74) is 0. The number of tetrazole rings is 1. The molecule has 1 saturated heterocycles. The third-order valence-corrected chi connectivity index (χ3v) is 3.22. The molecule has 1 aromatic heterocycles. The number of aromatic nitrogens is 4. The monoisotopic (exact) mass is 223 g/mol. The predicted octanol–water partition coefficient (Wildman–Crippen LogP) is 0.277. The second kappa shape index (κ2) is 4.47. The van der Waals surface area contributed by atoms with Crippen molar-refractivity contribution in [3.63, 3.8) is 0 Å². The van der Waals surface area contributed by atoms with Gasteiger partial charge in [-0.25, -0.2) is 4.68 Å². The summed E-state index contributed by atoms with van der Waals surface area (Å²) in [7, 11) is 0. The standard InChI is InChI=1S/C10H17N5O/c1-2-8(1)11-7-10-12-13-14-15(10)9-3-5-16-6-4-9/h8-9,11H,1-7H2. The van der Waals surface area contributed by atoms with Crippen LogP contribution in [0, 0.1) is 0 Å². The van der Waals surface area contributed by atoms with Crippen molar-refractivity contribution in [2.24, 2.45) is 0 Å². The first-order chi connectivity index (χ1) is 7.93. The van der Waals surface area contributed by atoms with E-state index >= 15 is 0 Å². The lowest BCUT2D eigenvalue weighted by atomic mass is 10.1. The first-order valence-corrected chi connectivity index (χ1v) is 6.01. The third kappa shape index (κ3) is 2.22. The lowest BCUT2D eigenvalue weighted by molar-refractivity contribution is 0.0647. The van der Waals surface area contributed by atoms with E-state index in [4.69, 9.17) is 4.74 Å². The fraction of sp³-hybridized carbons (Fsp3) is 0.900. The van der Waals surface area contributed by atoms with Crippen LogP contribution in [-0.2, 0) is 11.3 Å². The Bertz CT molecular complexity index is 343. The first kappa shape index (κ1) is 10.2. The van der Waals surface area contributed by atoms with Crippen molar-refractivity contribution in [3.8, 4) is 0 Å². The minimum absolute atomic E-state index is 0.416. The normalized spacial score (nSPS) is 22.5. The highest BCUT2D eigenvalue weighted by molar-refractivity contribution is 4.89. The van der Waals surface area contributed by atoms with E-state index in [1.54, 1.807) is 0 Å². The summed E-state index contributed by atoms with van der Waals surface area (Å²) in [5, 5.41) is 15.4. The lowest BCUT2D eigenvalue weighted by Gasteiger charge is -2.22. The Hall–Kier alpha value is -1.01. The molecule has 1 saturated carbocycles. The number of ether oxygens (including phenoxy) is 1. The van der Waals surface area contributed by atoms with Crippen LogP contribution >= 0.6 is 0 Å². The SMILES string of the molecule is C1CC(n2nnnc2CNC2CC2)CCO1. The highest BCUT2D eigenvalue weighted by atomic mass is 16.5. The van der Waals surface area contributed by atoms with Gasteiger partial charge in [-0.2, -0.15) is 0 Å². The topological polar surface area (TPSA) is 64.9 Å². The van der Waals surface area contributed by atoms with Crippen LogP contribution in [0.3, 0.4) is 0 Å². The van der Waals surface area contributed by atoms with Crippen molar-refractivity contribution in [1.29, 1.82) is 0 Å². The summed E-state index contributed by atoms with van der Waals surface area (Å²) >= 11 is 0. The molecule has 16 heavy (non-hydrogen) atoms. The zero-order valence-electron chi connectivity index (χ0n) is 9.30. The largest absolute Gasteiger partial charge is 0.381 e. The summed E-state index contributed by atoms with van der Waals surface area (Å²) in [5.74, 6) is 0.957. The smallest absolute Gasteiger partial charge is 0.165 e. The van der Waals surface area contributed by atoms with Gasteiger partial charge < -0.3 is 10.1 Å². The molecule has 88 valence electrons. The molecule has 0 bridgehead atoms. The van der Waals surface area contributed by atoms with E-state index in [1.165, 1.54) is 12.8 Å². The molecule has 2 aliphatic rings. The number of rotatable bonds is 4. The van der Waals surface area contributed by atoms with Crippen molar-refractivity contribution in [1.82, 2.24) is 25.5 Å². The Labute approximate surface area is 94.4 Å². The quantitative estimate of drug-likeness (QED) is 0.794. The maximum absolute atomic E-state index is 5.35. The molecule has 1 aromatic rings. The van der Waals surface area contributed by atoms with Crippen LogP contribution < -0.4 is 5.32 Å². The van der Waals surface area contributed by atoms with Gasteiger partial charge in [-0.3, -0.25) is 0 Å². The van der Waals surface area contributed by atoms with Crippen LogP contribution in [-0.4, -0.2) is 39.5 Å². The van der Waals surface area contributed by atoms with Crippen molar-refractivity contribution in [3.05, 3.63) is 5.82 Å². The van der Waals surface area contributed by atoms with Gasteiger partial charge in [0.05, 0.1) is 12.6 Å². The molecule has 0 amide bonds. The zero-order chi connectivity index (χ0) is 10.8. The summed E-state index contributed by atoms with van der Waals surface area (Å²) < 4.78 is 7.32. The van der Waals surface area contributed by atoms with E-state index in [0.29, 0.717) is 12.1 Å². The molecule has 6 heteroatoms. The van der Waals surface area contributed by atoms with Gasteiger partial charge in [-0.15, -0.1) is 5.10 Å². The van der Waals surface area contributed by atoms with Crippen LogP contribution in [0.4, 0.5) is 0 Å². The molecule has 0 radical (unpaired) electrons. The molecule has 6 nitrogen and oxygen atoms in total. The lowest BCUT2D eigenvalue weighted by Crippen LogP contribution is -2.25. The predicted molar refractivity (Wildman–Crippen MR) is 56.8 cm³/mol. The Morgan fingerprint density at radius 2 is 2.06 bits per heavy atom. The van der Waals surface area contributed by atoms with Gasteiger partial charge in [0.25, 0.3) is 0 Å². The molecule has 0 aromatic carbocycles. The van der Waals surface area contributed by atoms with E-state index in [0.717, 1.165) is 38.4 Å². The molecule has 0 unspecified atom stereocenters. The molecule has 1 aliphatic carbocycles. The van der Waals surface area contributed by atoms with E-state index in [2.05, 4.69) is 20.8 Å². The molecular weight excluding hydrogens is 206 g/mol. The highest BCUT2D eigenvalue weighted by Gasteiger charge is 2.23. The van der Waals surface area contributed by atoms with Gasteiger partial charge in [-0.1, -0.05) is 0 Å². The second-order valence-corrected chi connectivity index (χ2v) is 4.54. The van der Waals surface area contributed by atoms with Crippen LogP contribution in [0.1, 0.15) is 37.5 Å². The van der Waals surface area contributed by atoms with Crippen LogP contribution in [0.25, 0.3) is 0 Å². The molecule has 1 N–H and O–H groups in total. The average Bonchev–Trinajstić information content (AvgIpc) is 3.05. The molecule has 0 atom stereocenters. The van der Waals surface area contributed by atoms with Gasteiger partial charge in [0.2, 0.25) is 0 Å². The summed E-state index contributed by atoms with van der Waals surface area (Å²) in [6.45, 7) is 2.43. The van der Waals surface area contributed by atoms with E-state index < -0.39 is 0 Å². The third-order valence-electron chi connectivity index (χ3n) is 3.22. The fourth-order valence-electron chi connectivity index (χ4n) is 2.07. The average molecular weight is 223 g/mol. The van der Waals surface area contributed by atoms with Crippen molar-refractivity contribution in [2.45, 2.75) is 44.3 Å². The van der Waals surface area contributed by atoms with Gasteiger partial charge in [0.15, 0.2) is 5.82 Å². The number of hydrogen-bond acceptors (Lipinski definition) is 5. The van der Waals surface area contributed by atoms with Crippen LogP contribution in [0.2, 0.25) is 0 Å². The zero-order valence-corrected chi connectivity index (χ0v) is 9.30. The summed E-state index contributed by atoms with van der Waals surface area (Å²) in [6, 6.07) is 1.11. The first-order valence-electron chi connectivity index (χ1n) is 6.01. The maximum atomic E-state index is 5.35. The van der Waals surface area contributed by atoms with E-state index in [1.807, 2.05) is 4.68 Å². The fourth-order valence-corrected chi connectivity index (χ4v) is 2.07. The van der Waals surface area contributed by atoms with Crippen LogP contribution in [0.15, 0.2) is 0 Å². The Kier molecular flexibility index (Phi) is 2.84. The van der Waals surface area contributed by atoms with Crippen molar-refractivity contribution < 1.29 is 4.74 Å². The number of nitrogens with zero attached hydrogens (tertiary/aromatic N) is 4. The Balaban J connectivity index is 1.65. The Morgan fingerprint density at radius 3 is 2.81 bits per heavy atom. The Morgan fingerprint density at radius 1 is 1.25 bits per heavy atom. The minimum atomic E-state index is 0.416. The van der Waals surface area contributed by atoms with Gasteiger partial charge in [0, 0.05) is 19.3 Å². The second-order valence-electron chi connectivity index (χ2n) is 4.54. The van der Waals surface area contributed by atoms with Crippen molar-refractivity contribution in [2.75, 3.05) is 13.2 Å². The minimum Gasteiger partial charge on any atom is -0.381 e. The molecule has 1 aliphatic heterocycles. The van der Waals surface area contributed by atoms with E-state index in [-0.39, 0.29) is 0 Å². The summed E-state index contributed by atoms with van der Waals surface area (Å²) in [6.07, 6.45) is 4.61. The van der Waals surface area contributed by atoms with E-state index in [9.17, 15) is 0 Å². The maximum Gasteiger partial charge on any atom is 0.165 e. The van der Waals surface area contributed by atoms with Gasteiger partial charge in [0.1, 0.15) is 0 Å². The van der Waals surface area contributed by atoms with Crippen molar-refractivity contribution >= 4 is 0 Å². The van der Waals surface area contributed by atoms with Gasteiger partial charge >= 0.3 is 0 Å². The molecular formula is C10H17N5O. The summed E-state index contributed by atoms with van der Waals surface area (Å²) in [4.78, 5) is 0. The number of nitrogens with one attached hydrogen (secondary N) is 1. The number of hydrogen-bond donors (Lipinski definition) is 1. The molecule has 2 heterocycles. The molecule has 0 spiro atoms. The molecule has 2 fully saturated rings. The molecule has 3 rings (SSSR count). The highest BCUT2D eigenvalue weighted by Crippen LogP contribution is 2.22. The van der Waals surface area contributed by atoms with Crippen LogP contribution in [0.5, 0.6) is 0 Å². The van der Waals surface area contributed by atoms with Gasteiger partial charge in [-0.05, 0) is 36.1 Å².